The Morgan fingerprint density at radius 2 is 0.754 bits per heavy atom. The maximum absolute atomic E-state index is 14.3. The molecule has 0 saturated heterocycles. The number of rotatable bonds is 7. The Labute approximate surface area is 370 Å². The molecule has 2 heterocycles. The minimum Gasteiger partial charge on any atom is -0.308 e. The molecule has 0 bridgehead atoms. The predicted octanol–water partition coefficient (Wildman–Crippen LogP) is 15.6. The second kappa shape index (κ2) is 16.1. The Balaban J connectivity index is 1.30. The summed E-state index contributed by atoms with van der Waals surface area (Å²) in [6.45, 7) is 4.06. The molecule has 0 unspecified atom stereocenters. The first-order valence-corrected chi connectivity index (χ1v) is 20.8. The van der Waals surface area contributed by atoms with Crippen LogP contribution in [0.25, 0.3) is 95.0 Å². The largest absolute Gasteiger partial charge is 0.416 e. The summed E-state index contributed by atoms with van der Waals surface area (Å²) in [5.74, 6) is 1.01. The minimum absolute atomic E-state index is 0.128. The van der Waals surface area contributed by atoms with Gasteiger partial charge in [0.25, 0.3) is 0 Å². The fourth-order valence-electron chi connectivity index (χ4n) is 8.27. The second-order valence-electron chi connectivity index (χ2n) is 16.1. The molecule has 0 amide bonds. The van der Waals surface area contributed by atoms with Gasteiger partial charge in [0, 0.05) is 27.5 Å². The zero-order valence-corrected chi connectivity index (χ0v) is 34.9. The van der Waals surface area contributed by atoms with Gasteiger partial charge in [0.2, 0.25) is 0 Å². The number of aromatic nitrogens is 4. The highest BCUT2D eigenvalue weighted by Gasteiger charge is 2.37. The van der Waals surface area contributed by atoms with Gasteiger partial charge >= 0.3 is 12.4 Å². The van der Waals surface area contributed by atoms with Crippen molar-refractivity contribution in [3.8, 4) is 73.2 Å². The number of fused-ring (bicyclic) bond motifs is 3. The van der Waals surface area contributed by atoms with Gasteiger partial charge in [-0.2, -0.15) is 26.3 Å². The average molecular weight is 867 g/mol. The number of aryl methyl sites for hydroxylation is 2. The summed E-state index contributed by atoms with van der Waals surface area (Å²) in [5, 5.41) is 1.76. The molecule has 8 aromatic carbocycles. The molecule has 10 heteroatoms. The fraction of sp³-hybridized carbons (Fsp3) is 0.0727. The minimum atomic E-state index is -5.04. The van der Waals surface area contributed by atoms with Crippen molar-refractivity contribution >= 4 is 21.8 Å². The Bertz CT molecular complexity index is 3200. The lowest BCUT2D eigenvalue weighted by molar-refractivity contribution is -0.143. The molecular formula is C55H36F6N4. The van der Waals surface area contributed by atoms with Gasteiger partial charge in [0.05, 0.1) is 27.8 Å². The van der Waals surface area contributed by atoms with E-state index in [9.17, 15) is 26.3 Å². The molecule has 65 heavy (non-hydrogen) atoms. The van der Waals surface area contributed by atoms with Gasteiger partial charge in [-0.05, 0) is 102 Å². The van der Waals surface area contributed by atoms with E-state index in [4.69, 9.17) is 15.0 Å². The first kappa shape index (κ1) is 41.2. The maximum Gasteiger partial charge on any atom is 0.416 e. The summed E-state index contributed by atoms with van der Waals surface area (Å²) in [4.78, 5) is 14.9. The van der Waals surface area contributed by atoms with Crippen LogP contribution >= 0.6 is 0 Å². The van der Waals surface area contributed by atoms with Crippen molar-refractivity contribution in [2.45, 2.75) is 26.2 Å². The SMILES string of the molecule is Cc1ccc(-c2ccc3c(c2)c2cc(-c4ccc(C)cc4)ccc2n3-c2cc(-c3cc(C(F)(F)F)cc(C(F)(F)F)c3)ccc2-c2nc(-c3ccccc3)nc(-c3ccccc3)n2)cc1. The Hall–Kier alpha value is -7.85. The van der Waals surface area contributed by atoms with Crippen molar-refractivity contribution in [1.29, 1.82) is 0 Å². The van der Waals surface area contributed by atoms with Crippen LogP contribution in [0.2, 0.25) is 0 Å². The van der Waals surface area contributed by atoms with Crippen molar-refractivity contribution in [3.05, 3.63) is 204 Å². The first-order valence-electron chi connectivity index (χ1n) is 20.8. The van der Waals surface area contributed by atoms with Crippen LogP contribution in [0.4, 0.5) is 26.3 Å². The van der Waals surface area contributed by atoms with Gasteiger partial charge in [-0.1, -0.05) is 139 Å². The third kappa shape index (κ3) is 8.03. The smallest absolute Gasteiger partial charge is 0.308 e. The number of nitrogens with zero attached hydrogens (tertiary/aromatic N) is 4. The molecule has 0 spiro atoms. The molecule has 0 radical (unpaired) electrons. The Morgan fingerprint density at radius 1 is 0.354 bits per heavy atom. The van der Waals surface area contributed by atoms with Crippen molar-refractivity contribution in [3.63, 3.8) is 0 Å². The molecule has 0 aliphatic carbocycles. The van der Waals surface area contributed by atoms with Crippen LogP contribution in [0, 0.1) is 13.8 Å². The lowest BCUT2D eigenvalue weighted by Crippen LogP contribution is -2.11. The number of benzene rings is 8. The van der Waals surface area contributed by atoms with E-state index in [1.807, 2.05) is 103 Å². The number of hydrogen-bond donors (Lipinski definition) is 0. The standard InChI is InChI=1S/C55H36F6N4/c1-33-13-17-35(18-14-33)39-22-25-48-46(29-39)47-30-40(36-19-15-34(2)16-20-36)23-26-49(47)65(48)50-31-41(42-27-43(54(56,57)58)32-44(28-42)55(59,60)61)21-24-45(50)53-63-51(37-9-5-3-6-10-37)62-52(64-53)38-11-7-4-8-12-38/h3-32H,1-2H3. The van der Waals surface area contributed by atoms with Crippen LogP contribution in [0.3, 0.4) is 0 Å². The third-order valence-corrected chi connectivity index (χ3v) is 11.6. The van der Waals surface area contributed by atoms with Gasteiger partial charge in [0.15, 0.2) is 17.5 Å². The van der Waals surface area contributed by atoms with Crippen LogP contribution in [0.5, 0.6) is 0 Å². The molecule has 0 aliphatic heterocycles. The van der Waals surface area contributed by atoms with Crippen LogP contribution in [0.15, 0.2) is 182 Å². The van der Waals surface area contributed by atoms with Crippen molar-refractivity contribution in [2.24, 2.45) is 0 Å². The third-order valence-electron chi connectivity index (χ3n) is 11.6. The van der Waals surface area contributed by atoms with Crippen LogP contribution in [0.1, 0.15) is 22.3 Å². The normalized spacial score (nSPS) is 12.0. The topological polar surface area (TPSA) is 43.6 Å². The number of halogens is 6. The zero-order valence-electron chi connectivity index (χ0n) is 34.9. The van der Waals surface area contributed by atoms with E-state index in [0.717, 1.165) is 78.4 Å². The van der Waals surface area contributed by atoms with Crippen molar-refractivity contribution in [2.75, 3.05) is 0 Å². The molecule has 0 fully saturated rings. The molecule has 0 aliphatic rings. The molecule has 0 saturated carbocycles. The number of alkyl halides is 6. The summed E-state index contributed by atoms with van der Waals surface area (Å²) >= 11 is 0. The van der Waals surface area contributed by atoms with Gasteiger partial charge in [-0.25, -0.2) is 15.0 Å². The monoisotopic (exact) mass is 866 g/mol. The molecule has 10 aromatic rings. The highest BCUT2D eigenvalue weighted by molar-refractivity contribution is 6.12. The Kier molecular flexibility index (Phi) is 10.2. The predicted molar refractivity (Wildman–Crippen MR) is 246 cm³/mol. The number of hydrogen-bond acceptors (Lipinski definition) is 3. The van der Waals surface area contributed by atoms with E-state index in [1.54, 1.807) is 12.1 Å². The average Bonchev–Trinajstić information content (AvgIpc) is 3.64. The summed E-state index contributed by atoms with van der Waals surface area (Å²) in [6.07, 6.45) is -10.1. The van der Waals surface area contributed by atoms with E-state index in [0.29, 0.717) is 22.9 Å². The van der Waals surface area contributed by atoms with Crippen LogP contribution < -0.4 is 0 Å². The first-order chi connectivity index (χ1) is 31.3. The fourth-order valence-corrected chi connectivity index (χ4v) is 8.27. The van der Waals surface area contributed by atoms with E-state index >= 15 is 0 Å². The second-order valence-corrected chi connectivity index (χ2v) is 16.1. The summed E-state index contributed by atoms with van der Waals surface area (Å²) in [5.41, 5.74) is 7.08. The van der Waals surface area contributed by atoms with E-state index in [-0.39, 0.29) is 23.0 Å². The molecule has 318 valence electrons. The summed E-state index contributed by atoms with van der Waals surface area (Å²) < 4.78 is 87.8. The lowest BCUT2D eigenvalue weighted by atomic mass is 9.97. The van der Waals surface area contributed by atoms with Gasteiger partial charge in [0.1, 0.15) is 0 Å². The molecule has 10 rings (SSSR count). The quantitative estimate of drug-likeness (QED) is 0.150. The van der Waals surface area contributed by atoms with Crippen LogP contribution in [-0.2, 0) is 12.4 Å². The van der Waals surface area contributed by atoms with E-state index in [2.05, 4.69) is 60.7 Å². The van der Waals surface area contributed by atoms with Gasteiger partial charge in [-0.15, -0.1) is 0 Å². The van der Waals surface area contributed by atoms with Gasteiger partial charge in [-0.3, -0.25) is 0 Å². The Morgan fingerprint density at radius 3 is 1.20 bits per heavy atom. The molecule has 0 N–H and O–H groups in total. The molecular weight excluding hydrogens is 831 g/mol. The maximum atomic E-state index is 14.3. The van der Waals surface area contributed by atoms with Crippen molar-refractivity contribution < 1.29 is 26.3 Å². The zero-order chi connectivity index (χ0) is 45.0. The van der Waals surface area contributed by atoms with Crippen molar-refractivity contribution in [1.82, 2.24) is 19.5 Å². The highest BCUT2D eigenvalue weighted by Crippen LogP contribution is 2.43. The highest BCUT2D eigenvalue weighted by atomic mass is 19.4. The summed E-state index contributed by atoms with van der Waals surface area (Å²) in [6, 6.07) is 54.0. The van der Waals surface area contributed by atoms with Crippen LogP contribution in [-0.4, -0.2) is 19.5 Å². The molecule has 2 aromatic heterocycles. The lowest BCUT2D eigenvalue weighted by Gasteiger charge is -2.18. The van der Waals surface area contributed by atoms with Gasteiger partial charge < -0.3 is 4.57 Å². The van der Waals surface area contributed by atoms with E-state index < -0.39 is 23.5 Å². The molecule has 0 atom stereocenters. The summed E-state index contributed by atoms with van der Waals surface area (Å²) in [7, 11) is 0. The molecule has 4 nitrogen and oxygen atoms in total. The van der Waals surface area contributed by atoms with E-state index in [1.165, 1.54) is 6.07 Å².